The maximum atomic E-state index is 8.83. The molecule has 0 aromatic carbocycles. The SMILES string of the molecule is CCC[C@H](N)c1csc(CO)c1. The van der Waals surface area contributed by atoms with Crippen LogP contribution in [0, 0.1) is 0 Å². The molecule has 68 valence electrons. The van der Waals surface area contributed by atoms with Gasteiger partial charge in [-0.2, -0.15) is 0 Å². The zero-order valence-electron chi connectivity index (χ0n) is 7.29. The van der Waals surface area contributed by atoms with E-state index in [2.05, 4.69) is 6.92 Å². The van der Waals surface area contributed by atoms with Gasteiger partial charge in [-0.1, -0.05) is 13.3 Å². The number of nitrogens with two attached hydrogens (primary N) is 1. The molecule has 0 bridgehead atoms. The van der Waals surface area contributed by atoms with E-state index in [1.165, 1.54) is 0 Å². The molecule has 0 radical (unpaired) electrons. The van der Waals surface area contributed by atoms with Gasteiger partial charge in [0.2, 0.25) is 0 Å². The summed E-state index contributed by atoms with van der Waals surface area (Å²) in [5.41, 5.74) is 7.06. The van der Waals surface area contributed by atoms with Crippen LogP contribution in [0.15, 0.2) is 11.4 Å². The van der Waals surface area contributed by atoms with Crippen molar-refractivity contribution in [3.8, 4) is 0 Å². The Hall–Kier alpha value is -0.380. The lowest BCUT2D eigenvalue weighted by atomic mass is 10.1. The summed E-state index contributed by atoms with van der Waals surface area (Å²) in [4.78, 5) is 0.997. The summed E-state index contributed by atoms with van der Waals surface area (Å²) >= 11 is 1.57. The Morgan fingerprint density at radius 1 is 1.67 bits per heavy atom. The molecule has 3 heteroatoms. The summed E-state index contributed by atoms with van der Waals surface area (Å²) in [6.07, 6.45) is 2.12. The molecule has 0 unspecified atom stereocenters. The predicted octanol–water partition coefficient (Wildman–Crippen LogP) is 2.04. The second-order valence-electron chi connectivity index (χ2n) is 2.90. The van der Waals surface area contributed by atoms with Crippen LogP contribution in [-0.2, 0) is 6.61 Å². The van der Waals surface area contributed by atoms with Gasteiger partial charge < -0.3 is 10.8 Å². The Kier molecular flexibility index (Phi) is 3.72. The summed E-state index contributed by atoms with van der Waals surface area (Å²) in [7, 11) is 0. The normalized spacial score (nSPS) is 13.2. The second kappa shape index (κ2) is 4.60. The van der Waals surface area contributed by atoms with Crippen LogP contribution in [0.25, 0.3) is 0 Å². The van der Waals surface area contributed by atoms with Gasteiger partial charge in [-0.3, -0.25) is 0 Å². The van der Waals surface area contributed by atoms with Gasteiger partial charge >= 0.3 is 0 Å². The van der Waals surface area contributed by atoms with E-state index in [0.29, 0.717) is 0 Å². The third kappa shape index (κ3) is 2.30. The smallest absolute Gasteiger partial charge is 0.0774 e. The van der Waals surface area contributed by atoms with E-state index in [1.54, 1.807) is 11.3 Å². The first-order valence-electron chi connectivity index (χ1n) is 4.21. The summed E-state index contributed by atoms with van der Waals surface area (Å²) in [6.45, 7) is 2.25. The van der Waals surface area contributed by atoms with E-state index in [9.17, 15) is 0 Å². The number of hydrogen-bond donors (Lipinski definition) is 2. The molecule has 0 aliphatic heterocycles. The number of aliphatic hydroxyl groups excluding tert-OH is 1. The average Bonchev–Trinajstić information content (AvgIpc) is 2.52. The number of hydrogen-bond acceptors (Lipinski definition) is 3. The standard InChI is InChI=1S/C9H15NOS/c1-2-3-9(10)7-4-8(5-11)12-6-7/h4,6,9,11H,2-3,5,10H2,1H3/t9-/m0/s1. The Labute approximate surface area is 77.0 Å². The molecule has 3 N–H and O–H groups in total. The maximum absolute atomic E-state index is 8.83. The Morgan fingerprint density at radius 2 is 2.42 bits per heavy atom. The number of rotatable bonds is 4. The first-order valence-corrected chi connectivity index (χ1v) is 5.09. The van der Waals surface area contributed by atoms with E-state index < -0.39 is 0 Å². The van der Waals surface area contributed by atoms with Crippen molar-refractivity contribution in [2.45, 2.75) is 32.4 Å². The molecular formula is C9H15NOS. The molecule has 1 atom stereocenters. The average molecular weight is 185 g/mol. The molecule has 1 aromatic heterocycles. The van der Waals surface area contributed by atoms with Gasteiger partial charge in [0.15, 0.2) is 0 Å². The summed E-state index contributed by atoms with van der Waals surface area (Å²) in [5, 5.41) is 10.9. The minimum Gasteiger partial charge on any atom is -0.391 e. The van der Waals surface area contributed by atoms with Crippen molar-refractivity contribution in [2.75, 3.05) is 0 Å². The summed E-state index contributed by atoms with van der Waals surface area (Å²) in [5.74, 6) is 0. The fourth-order valence-electron chi connectivity index (χ4n) is 1.15. The predicted molar refractivity (Wildman–Crippen MR) is 52.1 cm³/mol. The molecule has 0 fully saturated rings. The van der Waals surface area contributed by atoms with Crippen LogP contribution in [0.5, 0.6) is 0 Å². The lowest BCUT2D eigenvalue weighted by Crippen LogP contribution is -2.08. The molecule has 0 aliphatic carbocycles. The van der Waals surface area contributed by atoms with E-state index in [1.807, 2.05) is 11.4 Å². The fraction of sp³-hybridized carbons (Fsp3) is 0.556. The van der Waals surface area contributed by atoms with Gasteiger partial charge in [0.05, 0.1) is 6.61 Å². The van der Waals surface area contributed by atoms with E-state index in [4.69, 9.17) is 10.8 Å². The van der Waals surface area contributed by atoms with E-state index >= 15 is 0 Å². The van der Waals surface area contributed by atoms with E-state index in [0.717, 1.165) is 23.3 Å². The molecule has 0 saturated carbocycles. The molecule has 1 rings (SSSR count). The van der Waals surface area contributed by atoms with Crippen molar-refractivity contribution in [3.63, 3.8) is 0 Å². The van der Waals surface area contributed by atoms with Crippen LogP contribution in [0.1, 0.15) is 36.2 Å². The third-order valence-corrected chi connectivity index (χ3v) is 2.80. The van der Waals surface area contributed by atoms with Crippen molar-refractivity contribution in [1.82, 2.24) is 0 Å². The Morgan fingerprint density at radius 3 is 2.92 bits per heavy atom. The van der Waals surface area contributed by atoms with Gasteiger partial charge in [-0.05, 0) is 23.4 Å². The molecule has 0 aliphatic rings. The lowest BCUT2D eigenvalue weighted by Gasteiger charge is -2.06. The molecule has 12 heavy (non-hydrogen) atoms. The highest BCUT2D eigenvalue weighted by atomic mass is 32.1. The molecule has 1 heterocycles. The quantitative estimate of drug-likeness (QED) is 0.754. The highest BCUT2D eigenvalue weighted by Gasteiger charge is 2.06. The highest BCUT2D eigenvalue weighted by Crippen LogP contribution is 2.22. The van der Waals surface area contributed by atoms with Crippen molar-refractivity contribution in [3.05, 3.63) is 21.9 Å². The zero-order valence-corrected chi connectivity index (χ0v) is 8.10. The van der Waals surface area contributed by atoms with Gasteiger partial charge in [0.1, 0.15) is 0 Å². The van der Waals surface area contributed by atoms with Gasteiger partial charge in [-0.15, -0.1) is 11.3 Å². The van der Waals surface area contributed by atoms with Crippen LogP contribution >= 0.6 is 11.3 Å². The molecule has 1 aromatic rings. The van der Waals surface area contributed by atoms with Crippen molar-refractivity contribution in [2.24, 2.45) is 5.73 Å². The molecule has 0 amide bonds. The molecule has 0 spiro atoms. The van der Waals surface area contributed by atoms with Crippen molar-refractivity contribution >= 4 is 11.3 Å². The molecule has 0 saturated heterocycles. The Balaban J connectivity index is 2.61. The monoisotopic (exact) mass is 185 g/mol. The Bertz CT molecular complexity index is 234. The second-order valence-corrected chi connectivity index (χ2v) is 3.90. The highest BCUT2D eigenvalue weighted by molar-refractivity contribution is 7.10. The van der Waals surface area contributed by atoms with Crippen LogP contribution in [0.4, 0.5) is 0 Å². The minimum absolute atomic E-state index is 0.128. The van der Waals surface area contributed by atoms with Crippen molar-refractivity contribution in [1.29, 1.82) is 0 Å². The van der Waals surface area contributed by atoms with Crippen LogP contribution in [-0.4, -0.2) is 5.11 Å². The topological polar surface area (TPSA) is 46.2 Å². The summed E-state index contributed by atoms with van der Waals surface area (Å²) in [6, 6.07) is 2.14. The van der Waals surface area contributed by atoms with Crippen molar-refractivity contribution < 1.29 is 5.11 Å². The van der Waals surface area contributed by atoms with Crippen LogP contribution < -0.4 is 5.73 Å². The van der Waals surface area contributed by atoms with Gasteiger partial charge in [0, 0.05) is 10.9 Å². The maximum Gasteiger partial charge on any atom is 0.0774 e. The third-order valence-electron chi connectivity index (χ3n) is 1.86. The van der Waals surface area contributed by atoms with E-state index in [-0.39, 0.29) is 12.6 Å². The lowest BCUT2D eigenvalue weighted by molar-refractivity contribution is 0.285. The van der Waals surface area contributed by atoms with Crippen LogP contribution in [0.3, 0.4) is 0 Å². The van der Waals surface area contributed by atoms with Crippen LogP contribution in [0.2, 0.25) is 0 Å². The molecule has 2 nitrogen and oxygen atoms in total. The minimum atomic E-state index is 0.128. The largest absolute Gasteiger partial charge is 0.391 e. The zero-order chi connectivity index (χ0) is 8.97. The van der Waals surface area contributed by atoms with Gasteiger partial charge in [-0.25, -0.2) is 0 Å². The number of aliphatic hydroxyl groups is 1. The van der Waals surface area contributed by atoms with Gasteiger partial charge in [0.25, 0.3) is 0 Å². The summed E-state index contributed by atoms with van der Waals surface area (Å²) < 4.78 is 0. The first kappa shape index (κ1) is 9.71. The molecular weight excluding hydrogens is 170 g/mol. The number of thiophene rings is 1. The first-order chi connectivity index (χ1) is 5.77. The fourth-order valence-corrected chi connectivity index (χ4v) is 1.96.